The predicted octanol–water partition coefficient (Wildman–Crippen LogP) is 1.87. The summed E-state index contributed by atoms with van der Waals surface area (Å²) in [4.78, 5) is 11.4. The predicted molar refractivity (Wildman–Crippen MR) is 71.1 cm³/mol. The van der Waals surface area contributed by atoms with Crippen molar-refractivity contribution in [2.24, 2.45) is 0 Å². The molecule has 0 unspecified atom stereocenters. The summed E-state index contributed by atoms with van der Waals surface area (Å²) in [5, 5.41) is 8.03. The van der Waals surface area contributed by atoms with Gasteiger partial charge in [0.25, 0.3) is 5.22 Å². The monoisotopic (exact) mass is 306 g/mol. The zero-order chi connectivity index (χ0) is 14.2. The van der Waals surface area contributed by atoms with Gasteiger partial charge in [-0.3, -0.25) is 4.79 Å². The van der Waals surface area contributed by atoms with E-state index >= 15 is 0 Å². The summed E-state index contributed by atoms with van der Waals surface area (Å²) in [6.07, 6.45) is 0.658. The molecule has 3 heterocycles. The molecule has 1 aromatic carbocycles. The van der Waals surface area contributed by atoms with Crippen molar-refractivity contribution < 1.29 is 23.4 Å². The zero-order valence-corrected chi connectivity index (χ0v) is 11.6. The standard InChI is InChI=1S/C13H10N2O5S/c16-12-10(3-4-17-12)21-13-15-14-11(20-13)7-1-2-8-9(5-7)19-6-18-8/h1-2,5,10H,3-4,6H2/t10-/m1/s1. The molecule has 1 saturated heterocycles. The second kappa shape index (κ2) is 4.96. The van der Waals surface area contributed by atoms with Gasteiger partial charge in [-0.25, -0.2) is 0 Å². The maximum atomic E-state index is 11.4. The third-order valence-corrected chi connectivity index (χ3v) is 4.24. The Labute approximate surface area is 123 Å². The first-order valence-electron chi connectivity index (χ1n) is 6.36. The summed E-state index contributed by atoms with van der Waals surface area (Å²) >= 11 is 1.23. The summed E-state index contributed by atoms with van der Waals surface area (Å²) < 4.78 is 21.0. The maximum Gasteiger partial charge on any atom is 0.319 e. The van der Waals surface area contributed by atoms with E-state index in [0.29, 0.717) is 35.6 Å². The third kappa shape index (κ3) is 2.31. The van der Waals surface area contributed by atoms with E-state index in [2.05, 4.69) is 10.2 Å². The number of rotatable bonds is 3. The van der Waals surface area contributed by atoms with Crippen LogP contribution in [0.25, 0.3) is 11.5 Å². The van der Waals surface area contributed by atoms with Gasteiger partial charge in [0.2, 0.25) is 12.7 Å². The molecule has 0 bridgehead atoms. The van der Waals surface area contributed by atoms with Gasteiger partial charge in [-0.2, -0.15) is 0 Å². The van der Waals surface area contributed by atoms with Crippen LogP contribution in [0.15, 0.2) is 27.8 Å². The number of thioether (sulfide) groups is 1. The number of hydrogen-bond acceptors (Lipinski definition) is 8. The lowest BCUT2D eigenvalue weighted by Crippen LogP contribution is -2.09. The van der Waals surface area contributed by atoms with Gasteiger partial charge in [0, 0.05) is 12.0 Å². The summed E-state index contributed by atoms with van der Waals surface area (Å²) in [6.45, 7) is 0.660. The third-order valence-electron chi connectivity index (χ3n) is 3.16. The molecule has 2 aromatic rings. The van der Waals surface area contributed by atoms with Crippen LogP contribution >= 0.6 is 11.8 Å². The minimum absolute atomic E-state index is 0.216. The number of carbonyl (C=O) groups excluding carboxylic acids is 1. The fourth-order valence-electron chi connectivity index (χ4n) is 2.11. The Morgan fingerprint density at radius 2 is 2.05 bits per heavy atom. The normalized spacial score (nSPS) is 19.8. The van der Waals surface area contributed by atoms with Gasteiger partial charge >= 0.3 is 5.97 Å². The van der Waals surface area contributed by atoms with Crippen molar-refractivity contribution >= 4 is 17.7 Å². The molecule has 21 heavy (non-hydrogen) atoms. The van der Waals surface area contributed by atoms with Crippen LogP contribution in [0, 0.1) is 0 Å². The Bertz CT molecular complexity index is 702. The minimum Gasteiger partial charge on any atom is -0.465 e. The molecule has 0 radical (unpaired) electrons. The van der Waals surface area contributed by atoms with E-state index < -0.39 is 0 Å². The van der Waals surface area contributed by atoms with Crippen LogP contribution in [-0.2, 0) is 9.53 Å². The molecule has 108 valence electrons. The Kier molecular flexibility index (Phi) is 2.95. The Balaban J connectivity index is 1.55. The van der Waals surface area contributed by atoms with Gasteiger partial charge < -0.3 is 18.6 Å². The minimum atomic E-state index is -0.268. The summed E-state index contributed by atoms with van der Waals surface area (Å²) in [5.74, 6) is 1.49. The van der Waals surface area contributed by atoms with Crippen LogP contribution in [0.1, 0.15) is 6.42 Å². The highest BCUT2D eigenvalue weighted by molar-refractivity contribution is 8.00. The molecular formula is C13H10N2O5S. The average Bonchev–Trinajstić information content (AvgIpc) is 3.20. The summed E-state index contributed by atoms with van der Waals surface area (Å²) in [6, 6.07) is 5.40. The lowest BCUT2D eigenvalue weighted by Gasteiger charge is -2.00. The first kappa shape index (κ1) is 12.5. The highest BCUT2D eigenvalue weighted by Gasteiger charge is 2.29. The molecule has 0 amide bonds. The first-order valence-corrected chi connectivity index (χ1v) is 7.24. The Hall–Kier alpha value is -2.22. The number of benzene rings is 1. The molecule has 1 fully saturated rings. The van der Waals surface area contributed by atoms with Gasteiger partial charge in [-0.05, 0) is 30.0 Å². The quantitative estimate of drug-likeness (QED) is 0.795. The smallest absolute Gasteiger partial charge is 0.319 e. The van der Waals surface area contributed by atoms with Gasteiger partial charge in [0.15, 0.2) is 11.5 Å². The lowest BCUT2D eigenvalue weighted by atomic mass is 10.2. The second-order valence-electron chi connectivity index (χ2n) is 4.50. The van der Waals surface area contributed by atoms with E-state index in [4.69, 9.17) is 18.6 Å². The number of hydrogen-bond donors (Lipinski definition) is 0. The van der Waals surface area contributed by atoms with Crippen molar-refractivity contribution in [2.75, 3.05) is 13.4 Å². The molecule has 2 aliphatic heterocycles. The van der Waals surface area contributed by atoms with Crippen molar-refractivity contribution in [2.45, 2.75) is 16.9 Å². The largest absolute Gasteiger partial charge is 0.465 e. The fourth-order valence-corrected chi connectivity index (χ4v) is 2.95. The topological polar surface area (TPSA) is 83.7 Å². The highest BCUT2D eigenvalue weighted by Crippen LogP contribution is 2.36. The van der Waals surface area contributed by atoms with E-state index in [0.717, 1.165) is 5.56 Å². The average molecular weight is 306 g/mol. The number of nitrogens with zero attached hydrogens (tertiary/aromatic N) is 2. The molecule has 0 N–H and O–H groups in total. The van der Waals surface area contributed by atoms with Gasteiger partial charge in [0.05, 0.1) is 6.61 Å². The fraction of sp³-hybridized carbons (Fsp3) is 0.308. The number of fused-ring (bicyclic) bond motifs is 1. The van der Waals surface area contributed by atoms with Gasteiger partial charge in [-0.15, -0.1) is 10.2 Å². The molecule has 0 saturated carbocycles. The number of esters is 1. The van der Waals surface area contributed by atoms with Crippen LogP contribution in [0.3, 0.4) is 0 Å². The maximum absolute atomic E-state index is 11.4. The molecular weight excluding hydrogens is 296 g/mol. The molecule has 0 spiro atoms. The first-order chi connectivity index (χ1) is 10.3. The Morgan fingerprint density at radius 1 is 1.14 bits per heavy atom. The second-order valence-corrected chi connectivity index (χ2v) is 5.66. The van der Waals surface area contributed by atoms with Crippen LogP contribution in [0.5, 0.6) is 11.5 Å². The summed E-state index contributed by atoms with van der Waals surface area (Å²) in [7, 11) is 0. The van der Waals surface area contributed by atoms with Crippen LogP contribution in [0.2, 0.25) is 0 Å². The van der Waals surface area contributed by atoms with Crippen molar-refractivity contribution in [3.05, 3.63) is 18.2 Å². The lowest BCUT2D eigenvalue weighted by molar-refractivity contribution is -0.137. The molecule has 8 heteroatoms. The zero-order valence-electron chi connectivity index (χ0n) is 10.8. The molecule has 0 aliphatic carbocycles. The Morgan fingerprint density at radius 3 is 2.90 bits per heavy atom. The molecule has 1 aromatic heterocycles. The van der Waals surface area contributed by atoms with E-state index in [1.165, 1.54) is 11.8 Å². The van der Waals surface area contributed by atoms with Crippen molar-refractivity contribution in [1.82, 2.24) is 10.2 Å². The molecule has 4 rings (SSSR count). The number of carbonyl (C=O) groups is 1. The number of aromatic nitrogens is 2. The summed E-state index contributed by atoms with van der Waals surface area (Å²) in [5.41, 5.74) is 0.743. The van der Waals surface area contributed by atoms with E-state index in [-0.39, 0.29) is 18.0 Å². The van der Waals surface area contributed by atoms with Gasteiger partial charge in [0.1, 0.15) is 5.25 Å². The number of ether oxygens (including phenoxy) is 3. The van der Waals surface area contributed by atoms with Crippen molar-refractivity contribution in [3.8, 4) is 23.0 Å². The van der Waals surface area contributed by atoms with E-state index in [9.17, 15) is 4.79 Å². The SMILES string of the molecule is O=C1OCC[C@H]1Sc1nnc(-c2ccc3c(c2)OCO3)o1. The van der Waals surface area contributed by atoms with Crippen molar-refractivity contribution in [1.29, 1.82) is 0 Å². The van der Waals surface area contributed by atoms with Crippen molar-refractivity contribution in [3.63, 3.8) is 0 Å². The molecule has 7 nitrogen and oxygen atoms in total. The van der Waals surface area contributed by atoms with E-state index in [1.54, 1.807) is 12.1 Å². The number of cyclic esters (lactones) is 1. The van der Waals surface area contributed by atoms with Crippen LogP contribution < -0.4 is 9.47 Å². The van der Waals surface area contributed by atoms with E-state index in [1.807, 2.05) is 6.07 Å². The molecule has 1 atom stereocenters. The van der Waals surface area contributed by atoms with Crippen LogP contribution in [0.4, 0.5) is 0 Å². The highest BCUT2D eigenvalue weighted by atomic mass is 32.2. The van der Waals surface area contributed by atoms with Crippen LogP contribution in [-0.4, -0.2) is 34.8 Å². The van der Waals surface area contributed by atoms with Gasteiger partial charge in [-0.1, -0.05) is 0 Å². The molecule has 2 aliphatic rings.